The largest absolute Gasteiger partial charge is 0.287 e. The average molecular weight is 336 g/mol. The SMILES string of the molecule is CC(C)c1ccc(-n2ccnc(SCc3ccccc3)c2=O)cc1. The monoisotopic (exact) mass is 336 g/mol. The maximum atomic E-state index is 12.7. The number of benzene rings is 2. The molecular formula is C20H20N2OS. The third-order valence-electron chi connectivity index (χ3n) is 3.87. The first-order valence-electron chi connectivity index (χ1n) is 8.00. The molecule has 122 valence electrons. The Morgan fingerprint density at radius 1 is 1.04 bits per heavy atom. The molecule has 0 amide bonds. The van der Waals surface area contributed by atoms with E-state index >= 15 is 0 Å². The third-order valence-corrected chi connectivity index (χ3v) is 4.90. The molecule has 4 heteroatoms. The molecule has 1 aromatic heterocycles. The predicted octanol–water partition coefficient (Wildman–Crippen LogP) is 4.65. The minimum Gasteiger partial charge on any atom is -0.280 e. The van der Waals surface area contributed by atoms with E-state index in [1.807, 2.05) is 30.3 Å². The van der Waals surface area contributed by atoms with E-state index in [-0.39, 0.29) is 5.56 Å². The van der Waals surface area contributed by atoms with Gasteiger partial charge in [0.2, 0.25) is 0 Å². The average Bonchev–Trinajstić information content (AvgIpc) is 2.62. The van der Waals surface area contributed by atoms with Crippen molar-refractivity contribution in [1.29, 1.82) is 0 Å². The Morgan fingerprint density at radius 3 is 2.42 bits per heavy atom. The van der Waals surface area contributed by atoms with Crippen LogP contribution in [0.1, 0.15) is 30.9 Å². The lowest BCUT2D eigenvalue weighted by Crippen LogP contribution is -2.20. The third kappa shape index (κ3) is 3.77. The highest BCUT2D eigenvalue weighted by Crippen LogP contribution is 2.19. The molecule has 3 nitrogen and oxygen atoms in total. The van der Waals surface area contributed by atoms with Gasteiger partial charge in [-0.3, -0.25) is 9.36 Å². The Kier molecular flexibility index (Phi) is 5.16. The highest BCUT2D eigenvalue weighted by molar-refractivity contribution is 7.98. The van der Waals surface area contributed by atoms with Crippen molar-refractivity contribution in [3.63, 3.8) is 0 Å². The van der Waals surface area contributed by atoms with Gasteiger partial charge in [-0.15, -0.1) is 0 Å². The molecule has 0 aliphatic heterocycles. The zero-order valence-electron chi connectivity index (χ0n) is 13.8. The molecular weight excluding hydrogens is 316 g/mol. The van der Waals surface area contributed by atoms with Crippen molar-refractivity contribution in [2.24, 2.45) is 0 Å². The van der Waals surface area contributed by atoms with E-state index in [1.54, 1.807) is 17.0 Å². The molecule has 0 saturated heterocycles. The molecule has 0 radical (unpaired) electrons. The highest BCUT2D eigenvalue weighted by Gasteiger charge is 2.08. The van der Waals surface area contributed by atoms with Crippen LogP contribution in [0.5, 0.6) is 0 Å². The summed E-state index contributed by atoms with van der Waals surface area (Å²) < 4.78 is 1.66. The fourth-order valence-corrected chi connectivity index (χ4v) is 3.29. The summed E-state index contributed by atoms with van der Waals surface area (Å²) in [6.07, 6.45) is 3.41. The van der Waals surface area contributed by atoms with Gasteiger partial charge in [0.05, 0.1) is 0 Å². The fraction of sp³-hybridized carbons (Fsp3) is 0.200. The normalized spacial score (nSPS) is 11.0. The Labute approximate surface area is 146 Å². The van der Waals surface area contributed by atoms with E-state index in [1.165, 1.54) is 22.9 Å². The summed E-state index contributed by atoms with van der Waals surface area (Å²) in [7, 11) is 0. The summed E-state index contributed by atoms with van der Waals surface area (Å²) in [6, 6.07) is 18.2. The molecule has 0 saturated carbocycles. The maximum Gasteiger partial charge on any atom is 0.287 e. The van der Waals surface area contributed by atoms with Crippen LogP contribution in [-0.2, 0) is 5.75 Å². The van der Waals surface area contributed by atoms with Gasteiger partial charge in [0.25, 0.3) is 5.56 Å². The second kappa shape index (κ2) is 7.49. The van der Waals surface area contributed by atoms with E-state index in [0.717, 1.165) is 11.4 Å². The zero-order valence-corrected chi connectivity index (χ0v) is 14.7. The number of thioether (sulfide) groups is 1. The molecule has 3 rings (SSSR count). The molecule has 0 N–H and O–H groups in total. The van der Waals surface area contributed by atoms with Crippen LogP contribution in [0.3, 0.4) is 0 Å². The van der Waals surface area contributed by atoms with Gasteiger partial charge in [0.1, 0.15) is 0 Å². The summed E-state index contributed by atoms with van der Waals surface area (Å²) in [5.41, 5.74) is 3.24. The van der Waals surface area contributed by atoms with Crippen LogP contribution in [0.15, 0.2) is 76.8 Å². The topological polar surface area (TPSA) is 34.9 Å². The van der Waals surface area contributed by atoms with E-state index in [0.29, 0.717) is 10.9 Å². The van der Waals surface area contributed by atoms with Crippen LogP contribution in [-0.4, -0.2) is 9.55 Å². The first-order valence-corrected chi connectivity index (χ1v) is 8.98. The number of nitrogens with zero attached hydrogens (tertiary/aromatic N) is 2. The van der Waals surface area contributed by atoms with Crippen molar-refractivity contribution in [3.8, 4) is 5.69 Å². The van der Waals surface area contributed by atoms with E-state index in [4.69, 9.17) is 0 Å². The van der Waals surface area contributed by atoms with Crippen LogP contribution in [0, 0.1) is 0 Å². The molecule has 2 aromatic carbocycles. The van der Waals surface area contributed by atoms with E-state index < -0.39 is 0 Å². The molecule has 3 aromatic rings. The van der Waals surface area contributed by atoms with Gasteiger partial charge in [-0.25, -0.2) is 4.98 Å². The molecule has 0 unspecified atom stereocenters. The number of rotatable bonds is 5. The summed E-state index contributed by atoms with van der Waals surface area (Å²) >= 11 is 1.47. The van der Waals surface area contributed by atoms with Crippen LogP contribution in [0.25, 0.3) is 5.69 Å². The maximum absolute atomic E-state index is 12.7. The molecule has 0 fully saturated rings. The minimum absolute atomic E-state index is 0.0734. The number of hydrogen-bond donors (Lipinski definition) is 0. The number of hydrogen-bond acceptors (Lipinski definition) is 3. The predicted molar refractivity (Wildman–Crippen MR) is 99.9 cm³/mol. The molecule has 0 aliphatic rings. The molecule has 1 heterocycles. The van der Waals surface area contributed by atoms with Gasteiger partial charge >= 0.3 is 0 Å². The van der Waals surface area contributed by atoms with Crippen molar-refractivity contribution >= 4 is 11.8 Å². The second-order valence-electron chi connectivity index (χ2n) is 5.93. The zero-order chi connectivity index (χ0) is 16.9. The van der Waals surface area contributed by atoms with Gasteiger partial charge in [-0.05, 0) is 29.2 Å². The lowest BCUT2D eigenvalue weighted by atomic mass is 10.0. The summed E-state index contributed by atoms with van der Waals surface area (Å²) in [4.78, 5) is 16.9. The van der Waals surface area contributed by atoms with Crippen LogP contribution >= 0.6 is 11.8 Å². The molecule has 0 spiro atoms. The summed E-state index contributed by atoms with van der Waals surface area (Å²) in [5.74, 6) is 1.21. The van der Waals surface area contributed by atoms with Gasteiger partial charge in [0.15, 0.2) is 5.03 Å². The first-order chi connectivity index (χ1) is 11.6. The molecule has 0 atom stereocenters. The van der Waals surface area contributed by atoms with Gasteiger partial charge in [-0.2, -0.15) is 0 Å². The molecule has 0 bridgehead atoms. The highest BCUT2D eigenvalue weighted by atomic mass is 32.2. The van der Waals surface area contributed by atoms with Crippen molar-refractivity contribution < 1.29 is 0 Å². The number of aromatic nitrogens is 2. The van der Waals surface area contributed by atoms with Crippen molar-refractivity contribution in [2.45, 2.75) is 30.5 Å². The van der Waals surface area contributed by atoms with Crippen LogP contribution in [0.2, 0.25) is 0 Å². The van der Waals surface area contributed by atoms with Crippen LogP contribution in [0.4, 0.5) is 0 Å². The Balaban J connectivity index is 1.84. The fourth-order valence-electron chi connectivity index (χ4n) is 2.44. The van der Waals surface area contributed by atoms with Gasteiger partial charge in [-0.1, -0.05) is 68.1 Å². The quantitative estimate of drug-likeness (QED) is 0.636. The Bertz CT molecular complexity index is 855. The summed E-state index contributed by atoms with van der Waals surface area (Å²) in [6.45, 7) is 4.32. The van der Waals surface area contributed by atoms with Crippen LogP contribution < -0.4 is 5.56 Å². The smallest absolute Gasteiger partial charge is 0.280 e. The van der Waals surface area contributed by atoms with Crippen molar-refractivity contribution in [1.82, 2.24) is 9.55 Å². The molecule has 0 aliphatic carbocycles. The Hall–Kier alpha value is -2.33. The van der Waals surface area contributed by atoms with Gasteiger partial charge in [0, 0.05) is 23.8 Å². The lowest BCUT2D eigenvalue weighted by molar-refractivity contribution is 0.857. The standard InChI is InChI=1S/C20H20N2OS/c1-15(2)17-8-10-18(11-9-17)22-13-12-21-19(20(22)23)24-14-16-6-4-3-5-7-16/h3-13,15H,14H2,1-2H3. The van der Waals surface area contributed by atoms with E-state index in [9.17, 15) is 4.79 Å². The minimum atomic E-state index is -0.0734. The van der Waals surface area contributed by atoms with Gasteiger partial charge < -0.3 is 0 Å². The summed E-state index contributed by atoms with van der Waals surface area (Å²) in [5, 5.41) is 0.522. The van der Waals surface area contributed by atoms with Crippen molar-refractivity contribution in [3.05, 3.63) is 88.5 Å². The van der Waals surface area contributed by atoms with E-state index in [2.05, 4.69) is 43.1 Å². The molecule has 24 heavy (non-hydrogen) atoms. The van der Waals surface area contributed by atoms with Crippen molar-refractivity contribution in [2.75, 3.05) is 0 Å². The first kappa shape index (κ1) is 16.5. The Morgan fingerprint density at radius 2 is 1.75 bits per heavy atom. The second-order valence-corrected chi connectivity index (χ2v) is 6.89. The lowest BCUT2D eigenvalue weighted by Gasteiger charge is -2.10.